The van der Waals surface area contributed by atoms with E-state index in [0.717, 1.165) is 32.9 Å². The zero-order valence-electron chi connectivity index (χ0n) is 24.6. The fourth-order valence-corrected chi connectivity index (χ4v) is 7.65. The van der Waals surface area contributed by atoms with Gasteiger partial charge in [-0.1, -0.05) is 0 Å². The number of aliphatic hydroxyl groups excluding tert-OH is 3. The van der Waals surface area contributed by atoms with Gasteiger partial charge in [-0.2, -0.15) is 8.88 Å². The third-order valence-corrected chi connectivity index (χ3v) is 10.4. The first-order valence-electron chi connectivity index (χ1n) is 13.8. The summed E-state index contributed by atoms with van der Waals surface area (Å²) in [6.07, 6.45) is -8.71. The van der Waals surface area contributed by atoms with Crippen LogP contribution in [-0.2, 0) is 41.1 Å². The molecular formula is C21H27N6O20P3+2. The van der Waals surface area contributed by atoms with Crippen LogP contribution in [0, 0.1) is 0 Å². The minimum absolute atomic E-state index is 0.0213. The molecule has 0 aliphatic carbocycles. The average Bonchev–Trinajstić information content (AvgIpc) is 3.64. The molecule has 4 aromatic heterocycles. The maximum absolute atomic E-state index is 12.6. The summed E-state index contributed by atoms with van der Waals surface area (Å²) < 4.78 is 77.7. The smallest absolute Gasteiger partial charge is 0.555 e. The van der Waals surface area contributed by atoms with E-state index in [2.05, 4.69) is 33.2 Å². The highest BCUT2D eigenvalue weighted by Gasteiger charge is 2.52. The summed E-state index contributed by atoms with van der Waals surface area (Å²) in [7, 11) is -16.4. The first kappa shape index (κ1) is 36.5. The van der Waals surface area contributed by atoms with Crippen molar-refractivity contribution in [3.8, 4) is 5.82 Å². The van der Waals surface area contributed by atoms with E-state index in [-0.39, 0.29) is 22.5 Å². The van der Waals surface area contributed by atoms with E-state index in [1.165, 1.54) is 18.3 Å². The van der Waals surface area contributed by atoms with Crippen molar-refractivity contribution in [3.63, 3.8) is 0 Å². The van der Waals surface area contributed by atoms with E-state index in [9.17, 15) is 53.4 Å². The molecule has 6 heterocycles. The number of phosphoric acid groups is 3. The molecule has 2 unspecified atom stereocenters. The van der Waals surface area contributed by atoms with E-state index in [4.69, 9.17) is 23.6 Å². The summed E-state index contributed by atoms with van der Waals surface area (Å²) >= 11 is 0. The summed E-state index contributed by atoms with van der Waals surface area (Å²) in [5, 5.41) is 38.8. The molecule has 0 aromatic carbocycles. The van der Waals surface area contributed by atoms with Gasteiger partial charge in [0, 0.05) is 10.9 Å². The summed E-state index contributed by atoms with van der Waals surface area (Å²) in [4.78, 5) is 63.4. The second-order valence-electron chi connectivity index (χ2n) is 10.6. The van der Waals surface area contributed by atoms with Gasteiger partial charge in [-0.25, -0.2) is 28.6 Å². The molecule has 26 nitrogen and oxygen atoms in total. The lowest BCUT2D eigenvalue weighted by molar-refractivity contribution is -0.765. The number of imidazole rings is 1. The molecule has 29 heteroatoms. The number of pyridine rings is 1. The molecule has 4 aromatic rings. The number of aromatic nitrogens is 6. The Balaban J connectivity index is 1.09. The van der Waals surface area contributed by atoms with Crippen LogP contribution in [0.3, 0.4) is 0 Å². The van der Waals surface area contributed by atoms with Crippen molar-refractivity contribution < 1.29 is 99.8 Å². The van der Waals surface area contributed by atoms with Crippen LogP contribution in [-0.4, -0.2) is 120 Å². The van der Waals surface area contributed by atoms with E-state index >= 15 is 0 Å². The predicted octanol–water partition coefficient (Wildman–Crippen LogP) is -2.74. The minimum atomic E-state index is -5.55. The van der Waals surface area contributed by atoms with Gasteiger partial charge in [-0.3, -0.25) is 18.1 Å². The van der Waals surface area contributed by atoms with E-state index < -0.39 is 91.7 Å². The fourth-order valence-electron chi connectivity index (χ4n) is 5.01. The lowest BCUT2D eigenvalue weighted by Crippen LogP contribution is -2.46. The highest BCUT2D eigenvalue weighted by atomic mass is 31.3. The highest BCUT2D eigenvalue weighted by molar-refractivity contribution is 7.61. The summed E-state index contributed by atoms with van der Waals surface area (Å²) in [6.45, 7) is -2.07. The predicted molar refractivity (Wildman–Crippen MR) is 149 cm³/mol. The second-order valence-corrected chi connectivity index (χ2v) is 14.8. The van der Waals surface area contributed by atoms with Gasteiger partial charge in [-0.15, -0.1) is 9.36 Å². The van der Waals surface area contributed by atoms with Crippen molar-refractivity contribution in [3.05, 3.63) is 42.7 Å². The monoisotopic (exact) mass is 776 g/mol. The molecule has 2 fully saturated rings. The minimum Gasteiger partial charge on any atom is -0.561 e. The fraction of sp³-hybridized carbons (Fsp3) is 0.476. The van der Waals surface area contributed by atoms with Crippen LogP contribution in [0.15, 0.2) is 46.5 Å². The third kappa shape index (κ3) is 7.95. The third-order valence-electron chi connectivity index (χ3n) is 7.23. The Morgan fingerprint density at radius 3 is 2.22 bits per heavy atom. The number of carbonyl (C=O) groups is 1. The van der Waals surface area contributed by atoms with Crippen LogP contribution in [0.4, 0.5) is 0 Å². The summed E-state index contributed by atoms with van der Waals surface area (Å²) in [5.74, 6) is -1.01. The largest absolute Gasteiger partial charge is 0.561 e. The lowest BCUT2D eigenvalue weighted by atomic mass is 10.1. The Labute approximate surface area is 275 Å². The van der Waals surface area contributed by atoms with Gasteiger partial charge in [0.15, 0.2) is 41.5 Å². The molecule has 10 atom stereocenters. The van der Waals surface area contributed by atoms with Gasteiger partial charge in [0.25, 0.3) is 6.23 Å². The number of fused-ring (bicyclic) bond motifs is 1. The van der Waals surface area contributed by atoms with Gasteiger partial charge in [0.1, 0.15) is 36.8 Å². The Bertz CT molecular complexity index is 1980. The second kappa shape index (κ2) is 13.7. The Morgan fingerprint density at radius 2 is 1.60 bits per heavy atom. The van der Waals surface area contributed by atoms with Crippen molar-refractivity contribution in [2.45, 2.75) is 49.1 Å². The molecule has 0 bridgehead atoms. The summed E-state index contributed by atoms with van der Waals surface area (Å²) in [6, 6.07) is 2.68. The van der Waals surface area contributed by atoms with Crippen LogP contribution in [0.25, 0.3) is 17.0 Å². The lowest BCUT2D eigenvalue weighted by Gasteiger charge is -2.22. The number of hydrogen-bond donors (Lipinski definition) is 7. The molecule has 0 radical (unpaired) electrons. The normalized spacial score (nSPS) is 29.7. The maximum atomic E-state index is 12.6. The molecule has 50 heavy (non-hydrogen) atoms. The maximum Gasteiger partial charge on any atom is 0.555 e. The number of rotatable bonds is 14. The van der Waals surface area contributed by atoms with Crippen LogP contribution in [0.5, 0.6) is 0 Å². The zero-order chi connectivity index (χ0) is 36.2. The molecule has 274 valence electrons. The first-order valence-corrected chi connectivity index (χ1v) is 18.3. The van der Waals surface area contributed by atoms with E-state index in [0.29, 0.717) is 0 Å². The first-order chi connectivity index (χ1) is 23.4. The van der Waals surface area contributed by atoms with Crippen molar-refractivity contribution in [2.75, 3.05) is 13.2 Å². The van der Waals surface area contributed by atoms with Crippen LogP contribution < -0.4 is 4.57 Å². The SMILES string of the molecule is O=C([OH2+])c1ccc[n+]([C@@H]2O[C@H](COP(=O)(O)OP(=O)(O)OC[C@H]3O[C@@H](n4cnc5c(-n6oo6)ncnc54)[C@H](OP(=O)(O)O)[C@@H]3O)[C@@H](O)[C@H]2O)c1. The molecule has 2 saturated heterocycles. The van der Waals surface area contributed by atoms with Gasteiger partial charge in [0.05, 0.1) is 24.5 Å². The van der Waals surface area contributed by atoms with Gasteiger partial charge in [-0.05, 0) is 6.07 Å². The Kier molecular flexibility index (Phi) is 10.0. The Morgan fingerprint density at radius 1 is 0.940 bits per heavy atom. The topological polar surface area (TPSA) is 367 Å². The van der Waals surface area contributed by atoms with Crippen molar-refractivity contribution >= 4 is 40.6 Å². The standard InChI is InChI=1S/C21H25N6O20P3/c28-13-10(42-19(15(13)30)25-3-1-2-9(4-25)21(31)32)5-40-49(36,37)47-50(38,39)41-6-11-14(29)16(44-48(33,34)35)20(43-11)26-8-24-12-17(26)22-7-23-18(12)27-45-46-27/h1-4,7-8,10-11,13-16,19-20,28-30H,5-6H2,(H4-,31,32,33,34,35,36,37,38,39)/p+2/t10-,11-,13-,14-,15-,16-,19-,20-/m1/s1. The number of ether oxygens (including phenoxy) is 2. The number of aliphatic hydroxyl groups is 3. The van der Waals surface area contributed by atoms with Crippen LogP contribution >= 0.6 is 23.5 Å². The van der Waals surface area contributed by atoms with Gasteiger partial charge >= 0.3 is 29.4 Å². The van der Waals surface area contributed by atoms with Crippen molar-refractivity contribution in [1.82, 2.24) is 24.4 Å². The molecule has 0 saturated carbocycles. The number of hydrogen-bond acceptors (Lipinski definition) is 18. The number of phosphoric ester groups is 3. The number of carbonyl (C=O) groups excluding carboxylic acids is 1. The molecule has 0 spiro atoms. The average molecular weight is 776 g/mol. The molecule has 0 amide bonds. The molecular weight excluding hydrogens is 749 g/mol. The Hall–Kier alpha value is -3.26. The molecule has 6 rings (SSSR count). The summed E-state index contributed by atoms with van der Waals surface area (Å²) in [5.41, 5.74) is -0.0391. The van der Waals surface area contributed by atoms with Gasteiger partial charge < -0.3 is 49.5 Å². The van der Waals surface area contributed by atoms with Crippen LogP contribution in [0.1, 0.15) is 22.8 Å². The number of nitrogens with zero attached hydrogens (tertiary/aromatic N) is 6. The van der Waals surface area contributed by atoms with Crippen molar-refractivity contribution in [2.24, 2.45) is 0 Å². The highest BCUT2D eigenvalue weighted by Crippen LogP contribution is 2.61. The zero-order valence-corrected chi connectivity index (χ0v) is 27.2. The van der Waals surface area contributed by atoms with E-state index in [1.54, 1.807) is 0 Å². The van der Waals surface area contributed by atoms with E-state index in [1.807, 2.05) is 0 Å². The van der Waals surface area contributed by atoms with Crippen molar-refractivity contribution in [1.29, 1.82) is 0 Å². The molecule has 2 aliphatic heterocycles. The molecule has 2 aliphatic rings. The van der Waals surface area contributed by atoms with Crippen LogP contribution in [0.2, 0.25) is 0 Å². The molecule has 9 N–H and O–H groups in total. The quantitative estimate of drug-likeness (QED) is 0.0295. The van der Waals surface area contributed by atoms with Gasteiger partial charge in [0.2, 0.25) is 5.82 Å².